The molecule has 0 bridgehead atoms. The third kappa shape index (κ3) is 3.67. The average molecular weight is 360 g/mol. The van der Waals surface area contributed by atoms with Crippen molar-refractivity contribution in [3.05, 3.63) is 23.8 Å². The number of hydrogen-bond donors (Lipinski definition) is 2. The van der Waals surface area contributed by atoms with Crippen molar-refractivity contribution in [1.82, 2.24) is 10.2 Å². The third-order valence-electron chi connectivity index (χ3n) is 5.85. The lowest BCUT2D eigenvalue weighted by molar-refractivity contribution is -0.124. The lowest BCUT2D eigenvalue weighted by Crippen LogP contribution is -2.49. The molecule has 0 atom stereocenters. The number of aliphatic hydroxyl groups excluding tert-OH is 1. The van der Waals surface area contributed by atoms with Crippen molar-refractivity contribution in [2.24, 2.45) is 0 Å². The Kier molecular flexibility index (Phi) is 5.05. The molecule has 0 radical (unpaired) electrons. The topological polar surface area (TPSA) is 71.0 Å². The zero-order valence-electron chi connectivity index (χ0n) is 15.2. The predicted octanol–water partition coefficient (Wildman–Crippen LogP) is 1.80. The highest BCUT2D eigenvalue weighted by atomic mass is 16.6. The zero-order valence-corrected chi connectivity index (χ0v) is 15.2. The Hall–Kier alpha value is -1.79. The van der Waals surface area contributed by atoms with Gasteiger partial charge < -0.3 is 19.9 Å². The summed E-state index contributed by atoms with van der Waals surface area (Å²) >= 11 is 0. The van der Waals surface area contributed by atoms with Crippen LogP contribution in [0.3, 0.4) is 0 Å². The van der Waals surface area contributed by atoms with Crippen LogP contribution in [0.4, 0.5) is 0 Å². The molecule has 0 aromatic heterocycles. The first-order valence-corrected chi connectivity index (χ1v) is 9.76. The van der Waals surface area contributed by atoms with Gasteiger partial charge in [0.05, 0.1) is 18.2 Å². The summed E-state index contributed by atoms with van der Waals surface area (Å²) in [4.78, 5) is 14.9. The zero-order chi connectivity index (χ0) is 18.0. The molecule has 1 saturated heterocycles. The van der Waals surface area contributed by atoms with Crippen LogP contribution < -0.4 is 14.8 Å². The van der Waals surface area contributed by atoms with E-state index >= 15 is 0 Å². The van der Waals surface area contributed by atoms with Crippen molar-refractivity contribution in [1.29, 1.82) is 0 Å². The van der Waals surface area contributed by atoms with Crippen molar-refractivity contribution in [3.8, 4) is 11.5 Å². The van der Waals surface area contributed by atoms with Crippen LogP contribution in [-0.4, -0.2) is 54.9 Å². The van der Waals surface area contributed by atoms with E-state index in [-0.39, 0.29) is 17.6 Å². The summed E-state index contributed by atoms with van der Waals surface area (Å²) in [5.74, 6) is 1.63. The van der Waals surface area contributed by atoms with Crippen LogP contribution >= 0.6 is 0 Å². The Morgan fingerprint density at radius 3 is 2.58 bits per heavy atom. The van der Waals surface area contributed by atoms with Crippen molar-refractivity contribution >= 4 is 5.91 Å². The van der Waals surface area contributed by atoms with Crippen LogP contribution in [0.1, 0.15) is 44.1 Å². The Balaban J connectivity index is 1.47. The number of amides is 1. The molecule has 6 heteroatoms. The SMILES string of the molecule is O=C(CN1CCC(O)CC1)NC1(c2ccc3c(c2)OCCO3)CCCC1. The number of hydrogen-bond acceptors (Lipinski definition) is 5. The molecule has 1 aromatic carbocycles. The first-order valence-electron chi connectivity index (χ1n) is 9.76. The highest BCUT2D eigenvalue weighted by Crippen LogP contribution is 2.42. The van der Waals surface area contributed by atoms with Gasteiger partial charge in [-0.2, -0.15) is 0 Å². The molecule has 4 rings (SSSR count). The summed E-state index contributed by atoms with van der Waals surface area (Å²) < 4.78 is 11.4. The van der Waals surface area contributed by atoms with Crippen molar-refractivity contribution in [3.63, 3.8) is 0 Å². The maximum Gasteiger partial charge on any atom is 0.234 e. The van der Waals surface area contributed by atoms with Gasteiger partial charge in [-0.3, -0.25) is 9.69 Å². The molecule has 26 heavy (non-hydrogen) atoms. The van der Waals surface area contributed by atoms with E-state index in [2.05, 4.69) is 16.3 Å². The summed E-state index contributed by atoms with van der Waals surface area (Å²) in [6, 6.07) is 6.07. The highest BCUT2D eigenvalue weighted by Gasteiger charge is 2.38. The van der Waals surface area contributed by atoms with Crippen molar-refractivity contribution in [2.75, 3.05) is 32.8 Å². The van der Waals surface area contributed by atoms with Crippen molar-refractivity contribution in [2.45, 2.75) is 50.2 Å². The molecule has 0 unspecified atom stereocenters. The Bertz CT molecular complexity index is 649. The average Bonchev–Trinajstić information content (AvgIpc) is 3.13. The molecule has 0 spiro atoms. The first-order chi connectivity index (χ1) is 12.6. The van der Waals surface area contributed by atoms with Gasteiger partial charge in [-0.25, -0.2) is 0 Å². The third-order valence-corrected chi connectivity index (χ3v) is 5.85. The first kappa shape index (κ1) is 17.6. The van der Waals surface area contributed by atoms with E-state index in [1.807, 2.05) is 12.1 Å². The number of benzene rings is 1. The largest absolute Gasteiger partial charge is 0.486 e. The Morgan fingerprint density at radius 1 is 1.15 bits per heavy atom. The molecule has 6 nitrogen and oxygen atoms in total. The minimum atomic E-state index is -0.303. The Morgan fingerprint density at radius 2 is 1.85 bits per heavy atom. The van der Waals surface area contributed by atoms with E-state index < -0.39 is 0 Å². The van der Waals surface area contributed by atoms with E-state index in [0.29, 0.717) is 19.8 Å². The van der Waals surface area contributed by atoms with Crippen LogP contribution in [0.2, 0.25) is 0 Å². The number of fused-ring (bicyclic) bond motifs is 1. The summed E-state index contributed by atoms with van der Waals surface area (Å²) in [5, 5.41) is 13.0. The van der Waals surface area contributed by atoms with E-state index in [4.69, 9.17) is 9.47 Å². The number of aliphatic hydroxyl groups is 1. The van der Waals surface area contributed by atoms with Crippen LogP contribution in [0.5, 0.6) is 11.5 Å². The fourth-order valence-corrected chi connectivity index (χ4v) is 4.39. The number of rotatable bonds is 4. The standard InChI is InChI=1S/C20H28N2O4/c23-16-5-9-22(10-6-16)14-19(24)21-20(7-1-2-8-20)15-3-4-17-18(13-15)26-12-11-25-17/h3-4,13,16,23H,1-2,5-12,14H2,(H,21,24). The number of carbonyl (C=O) groups excluding carboxylic acids is 1. The van der Waals surface area contributed by atoms with Gasteiger partial charge in [-0.1, -0.05) is 18.9 Å². The molecule has 1 amide bonds. The minimum Gasteiger partial charge on any atom is -0.486 e. The van der Waals surface area contributed by atoms with Gasteiger partial charge >= 0.3 is 0 Å². The van der Waals surface area contributed by atoms with Gasteiger partial charge in [0.1, 0.15) is 13.2 Å². The maximum absolute atomic E-state index is 12.7. The lowest BCUT2D eigenvalue weighted by Gasteiger charge is -2.34. The van der Waals surface area contributed by atoms with Gasteiger partial charge in [0.25, 0.3) is 0 Å². The maximum atomic E-state index is 12.7. The molecule has 1 aromatic rings. The van der Waals surface area contributed by atoms with Crippen LogP contribution in [-0.2, 0) is 10.3 Å². The summed E-state index contributed by atoms with van der Waals surface area (Å²) in [6.45, 7) is 3.12. The molecular formula is C20H28N2O4. The van der Waals surface area contributed by atoms with E-state index in [0.717, 1.165) is 68.7 Å². The summed E-state index contributed by atoms with van der Waals surface area (Å²) in [5.41, 5.74) is 0.809. The fraction of sp³-hybridized carbons (Fsp3) is 0.650. The van der Waals surface area contributed by atoms with E-state index in [9.17, 15) is 9.90 Å². The molecule has 1 aliphatic carbocycles. The van der Waals surface area contributed by atoms with Crippen molar-refractivity contribution < 1.29 is 19.4 Å². The molecule has 1 saturated carbocycles. The molecule has 2 fully saturated rings. The monoisotopic (exact) mass is 360 g/mol. The van der Waals surface area contributed by atoms with Crippen LogP contribution in [0, 0.1) is 0 Å². The van der Waals surface area contributed by atoms with E-state index in [1.165, 1.54) is 0 Å². The molecule has 142 valence electrons. The normalized spacial score (nSPS) is 23.0. The van der Waals surface area contributed by atoms with Gasteiger partial charge in [0.15, 0.2) is 11.5 Å². The van der Waals surface area contributed by atoms with E-state index in [1.54, 1.807) is 0 Å². The molecule has 2 N–H and O–H groups in total. The number of nitrogens with one attached hydrogen (secondary N) is 1. The number of nitrogens with zero attached hydrogens (tertiary/aromatic N) is 1. The van der Waals surface area contributed by atoms with Crippen LogP contribution in [0.15, 0.2) is 18.2 Å². The predicted molar refractivity (Wildman–Crippen MR) is 97.4 cm³/mol. The summed E-state index contributed by atoms with van der Waals surface area (Å²) in [7, 11) is 0. The fourth-order valence-electron chi connectivity index (χ4n) is 4.39. The number of carbonyl (C=O) groups is 1. The van der Waals surface area contributed by atoms with Crippen LogP contribution in [0.25, 0.3) is 0 Å². The van der Waals surface area contributed by atoms with Gasteiger partial charge in [0.2, 0.25) is 5.91 Å². The molecule has 3 aliphatic rings. The minimum absolute atomic E-state index is 0.0678. The number of ether oxygens (including phenoxy) is 2. The molecular weight excluding hydrogens is 332 g/mol. The second kappa shape index (κ2) is 7.45. The number of piperidine rings is 1. The lowest BCUT2D eigenvalue weighted by atomic mass is 9.87. The quantitative estimate of drug-likeness (QED) is 0.857. The number of likely N-dealkylation sites (tertiary alicyclic amines) is 1. The molecule has 2 aliphatic heterocycles. The Labute approximate surface area is 154 Å². The second-order valence-corrected chi connectivity index (χ2v) is 7.70. The van der Waals surface area contributed by atoms with Gasteiger partial charge in [-0.15, -0.1) is 0 Å². The second-order valence-electron chi connectivity index (χ2n) is 7.70. The van der Waals surface area contributed by atoms with Gasteiger partial charge in [-0.05, 0) is 43.4 Å². The van der Waals surface area contributed by atoms with Gasteiger partial charge in [0, 0.05) is 13.1 Å². The molecule has 2 heterocycles. The highest BCUT2D eigenvalue weighted by molar-refractivity contribution is 5.79. The summed E-state index contributed by atoms with van der Waals surface area (Å²) in [6.07, 6.45) is 5.43. The smallest absolute Gasteiger partial charge is 0.234 e.